The van der Waals surface area contributed by atoms with Crippen LogP contribution in [-0.2, 0) is 4.79 Å². The zero-order valence-electron chi connectivity index (χ0n) is 18.8. The van der Waals surface area contributed by atoms with Gasteiger partial charge in [-0.05, 0) is 62.1 Å². The van der Waals surface area contributed by atoms with Gasteiger partial charge in [-0.15, -0.1) is 0 Å². The Kier molecular flexibility index (Phi) is 5.86. The summed E-state index contributed by atoms with van der Waals surface area (Å²) in [6.07, 6.45) is 1.25. The number of para-hydroxylation sites is 3. The molecule has 3 aromatic carbocycles. The largest absolute Gasteiger partial charge is 0.491 e. The number of halogens is 1. The van der Waals surface area contributed by atoms with Crippen LogP contribution in [0.4, 0.5) is 11.4 Å². The smallest absolute Gasteiger partial charge is 0.163 e. The van der Waals surface area contributed by atoms with E-state index in [1.54, 1.807) is 0 Å². The van der Waals surface area contributed by atoms with Gasteiger partial charge in [-0.2, -0.15) is 0 Å². The van der Waals surface area contributed by atoms with Crippen molar-refractivity contribution in [2.45, 2.75) is 44.8 Å². The number of fused-ring (bicyclic) bond motifs is 1. The second-order valence-corrected chi connectivity index (χ2v) is 9.36. The van der Waals surface area contributed by atoms with Crippen LogP contribution in [0.5, 0.6) is 5.75 Å². The quantitative estimate of drug-likeness (QED) is 0.437. The highest BCUT2D eigenvalue weighted by Crippen LogP contribution is 2.45. The van der Waals surface area contributed by atoms with E-state index in [1.165, 1.54) is 0 Å². The third kappa shape index (κ3) is 4.36. The van der Waals surface area contributed by atoms with Crippen LogP contribution in [0.1, 0.15) is 49.8 Å². The minimum absolute atomic E-state index is 0.0344. The molecule has 3 aromatic rings. The molecule has 5 rings (SSSR count). The summed E-state index contributed by atoms with van der Waals surface area (Å²) in [4.78, 5) is 13.7. The van der Waals surface area contributed by atoms with Crippen molar-refractivity contribution in [3.8, 4) is 5.75 Å². The Morgan fingerprint density at radius 2 is 1.61 bits per heavy atom. The zero-order chi connectivity index (χ0) is 22.9. The average molecular weight is 459 g/mol. The van der Waals surface area contributed by atoms with Crippen LogP contribution >= 0.6 is 11.6 Å². The molecule has 2 aliphatic rings. The van der Waals surface area contributed by atoms with E-state index in [4.69, 9.17) is 16.3 Å². The summed E-state index contributed by atoms with van der Waals surface area (Å²) in [6, 6.07) is 23.6. The molecule has 2 atom stereocenters. The third-order valence-electron chi connectivity index (χ3n) is 6.24. The van der Waals surface area contributed by atoms with E-state index >= 15 is 0 Å². The van der Waals surface area contributed by atoms with Crippen molar-refractivity contribution < 1.29 is 9.53 Å². The number of benzene rings is 3. The van der Waals surface area contributed by atoms with Crippen molar-refractivity contribution in [2.24, 2.45) is 0 Å². The van der Waals surface area contributed by atoms with Crippen LogP contribution in [0.3, 0.4) is 0 Å². The zero-order valence-corrected chi connectivity index (χ0v) is 19.5. The Hall–Kier alpha value is -3.24. The molecule has 0 spiro atoms. The second kappa shape index (κ2) is 8.95. The first kappa shape index (κ1) is 21.6. The summed E-state index contributed by atoms with van der Waals surface area (Å²) in [7, 11) is 0. The first-order valence-corrected chi connectivity index (χ1v) is 11.8. The monoisotopic (exact) mass is 458 g/mol. The first-order valence-electron chi connectivity index (χ1n) is 11.4. The molecule has 0 saturated carbocycles. The van der Waals surface area contributed by atoms with E-state index in [9.17, 15) is 4.79 Å². The van der Waals surface area contributed by atoms with Crippen LogP contribution in [0, 0.1) is 0 Å². The summed E-state index contributed by atoms with van der Waals surface area (Å²) >= 11 is 6.10. The standard InChI is InChI=1S/C28H27ClN2O2/c1-17(2)33-26-10-6-3-7-21(26)28-27-24(30-22-8-4-5-9-23(22)31-28)15-19(16-25(27)32)18-11-13-20(29)14-12-18/h3-14,17,19,28,30-31H,15-16H2,1-2H3/t19-,28-/m1/s1. The Balaban J connectivity index is 1.61. The molecule has 33 heavy (non-hydrogen) atoms. The normalized spacial score (nSPS) is 19.8. The van der Waals surface area contributed by atoms with Crippen molar-refractivity contribution in [2.75, 3.05) is 10.6 Å². The molecule has 0 radical (unpaired) electrons. The summed E-state index contributed by atoms with van der Waals surface area (Å²) < 4.78 is 6.14. The van der Waals surface area contributed by atoms with Crippen LogP contribution < -0.4 is 15.4 Å². The number of hydrogen-bond acceptors (Lipinski definition) is 4. The molecule has 0 saturated heterocycles. The predicted octanol–water partition coefficient (Wildman–Crippen LogP) is 7.11. The lowest BCUT2D eigenvalue weighted by molar-refractivity contribution is -0.116. The van der Waals surface area contributed by atoms with E-state index < -0.39 is 0 Å². The molecule has 168 valence electrons. The molecule has 1 aliphatic heterocycles. The fourth-order valence-electron chi connectivity index (χ4n) is 4.78. The number of hydrogen-bond donors (Lipinski definition) is 2. The maximum atomic E-state index is 13.7. The minimum Gasteiger partial charge on any atom is -0.491 e. The number of allylic oxidation sites excluding steroid dienone is 1. The number of carbonyl (C=O) groups excluding carboxylic acids is 1. The number of nitrogens with one attached hydrogen (secondary N) is 2. The molecular formula is C28H27ClN2O2. The van der Waals surface area contributed by atoms with Crippen molar-refractivity contribution in [3.63, 3.8) is 0 Å². The molecule has 0 bridgehead atoms. The lowest BCUT2D eigenvalue weighted by Gasteiger charge is -2.30. The Morgan fingerprint density at radius 3 is 2.36 bits per heavy atom. The van der Waals surface area contributed by atoms with Gasteiger partial charge in [0.15, 0.2) is 5.78 Å². The molecule has 0 amide bonds. The van der Waals surface area contributed by atoms with Gasteiger partial charge in [0.25, 0.3) is 0 Å². The molecule has 0 fully saturated rings. The summed E-state index contributed by atoms with van der Waals surface area (Å²) in [5.74, 6) is 1.05. The van der Waals surface area contributed by atoms with E-state index in [0.717, 1.165) is 45.9 Å². The molecule has 5 heteroatoms. The highest BCUT2D eigenvalue weighted by atomic mass is 35.5. The highest BCUT2D eigenvalue weighted by Gasteiger charge is 2.37. The van der Waals surface area contributed by atoms with Crippen LogP contribution in [0.2, 0.25) is 5.02 Å². The van der Waals surface area contributed by atoms with Crippen molar-refractivity contribution in [1.82, 2.24) is 0 Å². The van der Waals surface area contributed by atoms with Gasteiger partial charge in [-0.25, -0.2) is 0 Å². The van der Waals surface area contributed by atoms with Gasteiger partial charge >= 0.3 is 0 Å². The topological polar surface area (TPSA) is 50.4 Å². The Morgan fingerprint density at radius 1 is 0.909 bits per heavy atom. The van der Waals surface area contributed by atoms with Crippen molar-refractivity contribution in [3.05, 3.63) is 100 Å². The van der Waals surface area contributed by atoms with Crippen LogP contribution in [-0.4, -0.2) is 11.9 Å². The summed E-state index contributed by atoms with van der Waals surface area (Å²) in [6.45, 7) is 4.03. The predicted molar refractivity (Wildman–Crippen MR) is 134 cm³/mol. The molecule has 0 unspecified atom stereocenters. The van der Waals surface area contributed by atoms with Gasteiger partial charge < -0.3 is 15.4 Å². The number of rotatable bonds is 4. The first-order chi connectivity index (χ1) is 16.0. The van der Waals surface area contributed by atoms with E-state index in [1.807, 2.05) is 86.6 Å². The highest BCUT2D eigenvalue weighted by molar-refractivity contribution is 6.30. The van der Waals surface area contributed by atoms with E-state index in [-0.39, 0.29) is 23.8 Å². The number of anilines is 2. The molecule has 4 nitrogen and oxygen atoms in total. The maximum Gasteiger partial charge on any atom is 0.163 e. The number of ketones is 1. The molecule has 1 heterocycles. The Labute approximate surface area is 199 Å². The maximum absolute atomic E-state index is 13.7. The summed E-state index contributed by atoms with van der Waals surface area (Å²) in [5.41, 5.74) is 5.79. The fourth-order valence-corrected chi connectivity index (χ4v) is 4.90. The van der Waals surface area contributed by atoms with Gasteiger partial charge in [0, 0.05) is 28.3 Å². The van der Waals surface area contributed by atoms with Crippen LogP contribution in [0.15, 0.2) is 84.1 Å². The lowest BCUT2D eigenvalue weighted by atomic mass is 9.78. The average Bonchev–Trinajstić information content (AvgIpc) is 2.96. The van der Waals surface area contributed by atoms with Crippen molar-refractivity contribution >= 4 is 28.8 Å². The molecular weight excluding hydrogens is 432 g/mol. The minimum atomic E-state index is -0.301. The number of ether oxygens (including phenoxy) is 1. The lowest BCUT2D eigenvalue weighted by Crippen LogP contribution is -2.27. The van der Waals surface area contributed by atoms with Gasteiger partial charge in [0.1, 0.15) is 5.75 Å². The number of Topliss-reactive ketones (excluding diaryl/α,β-unsaturated/α-hetero) is 1. The van der Waals surface area contributed by atoms with Gasteiger partial charge in [-0.1, -0.05) is 54.1 Å². The van der Waals surface area contributed by atoms with Gasteiger partial charge in [0.05, 0.1) is 23.5 Å². The van der Waals surface area contributed by atoms with Gasteiger partial charge in [0.2, 0.25) is 0 Å². The molecule has 1 aliphatic carbocycles. The SMILES string of the molecule is CC(C)Oc1ccccc1[C@H]1Nc2ccccc2NC2=C1C(=O)C[C@H](c1ccc(Cl)cc1)C2. The number of carbonyl (C=O) groups is 1. The molecule has 2 N–H and O–H groups in total. The van der Waals surface area contributed by atoms with Crippen LogP contribution in [0.25, 0.3) is 0 Å². The third-order valence-corrected chi connectivity index (χ3v) is 6.50. The fraction of sp³-hybridized carbons (Fsp3) is 0.250. The van der Waals surface area contributed by atoms with E-state index in [0.29, 0.717) is 11.4 Å². The van der Waals surface area contributed by atoms with Gasteiger partial charge in [-0.3, -0.25) is 4.79 Å². The molecule has 0 aromatic heterocycles. The van der Waals surface area contributed by atoms with E-state index in [2.05, 4.69) is 10.6 Å². The van der Waals surface area contributed by atoms with Crippen molar-refractivity contribution in [1.29, 1.82) is 0 Å². The summed E-state index contributed by atoms with van der Waals surface area (Å²) in [5, 5.41) is 7.94. The second-order valence-electron chi connectivity index (χ2n) is 8.92. The Bertz CT molecular complexity index is 1220.